The number of amides is 1. The molecule has 2 aliphatic heterocycles. The molecule has 190 valence electrons. The van der Waals surface area contributed by atoms with E-state index < -0.39 is 52.3 Å². The monoisotopic (exact) mass is 503 g/mol. The van der Waals surface area contributed by atoms with E-state index in [0.717, 1.165) is 17.2 Å². The summed E-state index contributed by atoms with van der Waals surface area (Å²) in [7, 11) is 0. The lowest BCUT2D eigenvalue weighted by Gasteiger charge is -2.39. The zero-order valence-electron chi connectivity index (χ0n) is 19.6. The van der Waals surface area contributed by atoms with Crippen molar-refractivity contribution in [2.75, 3.05) is 37.5 Å². The van der Waals surface area contributed by atoms with Gasteiger partial charge in [-0.25, -0.2) is 14.0 Å². The number of esters is 1. The number of thioether (sulfide) groups is 1. The fourth-order valence-corrected chi connectivity index (χ4v) is 4.03. The Balaban J connectivity index is 1.53. The number of carbonyl (C=O) groups is 2. The third-order valence-corrected chi connectivity index (χ3v) is 6.32. The summed E-state index contributed by atoms with van der Waals surface area (Å²) in [6, 6.07) is 0. The van der Waals surface area contributed by atoms with E-state index in [1.165, 1.54) is 11.8 Å². The van der Waals surface area contributed by atoms with Gasteiger partial charge in [0.2, 0.25) is 0 Å². The zero-order chi connectivity index (χ0) is 24.9. The molecule has 1 amide bonds. The first-order valence-electron chi connectivity index (χ1n) is 11.0. The largest absolute Gasteiger partial charge is 0.461 e. The highest BCUT2D eigenvalue weighted by atomic mass is 32.2. The SMILES string of the molecule is CCCCOC(=O)Nc1nc(=O)n([C@H]2CS[C@@H](COC(=O)C3(C)COC(C)(C)OC3)O2)cc1F. The molecule has 1 aromatic heterocycles. The number of hydrogen-bond acceptors (Lipinski definition) is 10. The van der Waals surface area contributed by atoms with E-state index in [2.05, 4.69) is 10.3 Å². The Hall–Kier alpha value is -2.22. The Kier molecular flexibility index (Phi) is 8.55. The maximum Gasteiger partial charge on any atom is 0.412 e. The van der Waals surface area contributed by atoms with Crippen LogP contribution in [-0.2, 0) is 28.5 Å². The van der Waals surface area contributed by atoms with Crippen LogP contribution in [0.5, 0.6) is 0 Å². The molecule has 11 nitrogen and oxygen atoms in total. The van der Waals surface area contributed by atoms with Crippen LogP contribution in [0.2, 0.25) is 0 Å². The first-order valence-corrected chi connectivity index (χ1v) is 12.0. The third-order valence-electron chi connectivity index (χ3n) is 5.22. The number of nitrogens with zero attached hydrogens (tertiary/aromatic N) is 2. The van der Waals surface area contributed by atoms with Gasteiger partial charge in [0, 0.05) is 5.75 Å². The Bertz CT molecular complexity index is 946. The van der Waals surface area contributed by atoms with Crippen LogP contribution < -0.4 is 11.0 Å². The number of unbranched alkanes of at least 4 members (excludes halogenated alkanes) is 1. The van der Waals surface area contributed by atoms with E-state index in [1.807, 2.05) is 6.92 Å². The second-order valence-corrected chi connectivity index (χ2v) is 9.92. The van der Waals surface area contributed by atoms with E-state index in [0.29, 0.717) is 12.2 Å². The molecule has 34 heavy (non-hydrogen) atoms. The lowest BCUT2D eigenvalue weighted by Crippen LogP contribution is -2.49. The standard InChI is InChI=1S/C21H30FN3O8S/c1-5-6-7-29-19(28)24-16-13(22)8-25(18(27)23-16)14-10-34-15(33-14)9-30-17(26)21(4)11-31-20(2,3)32-12-21/h8,14-15H,5-7,9-12H2,1-4H3,(H,23,24,27,28)/t14-,15+/m1/s1. The molecule has 1 N–H and O–H groups in total. The molecule has 1 aromatic rings. The van der Waals surface area contributed by atoms with Gasteiger partial charge in [0.05, 0.1) is 26.0 Å². The number of carbonyl (C=O) groups excluding carboxylic acids is 2. The Morgan fingerprint density at radius 2 is 2.00 bits per heavy atom. The van der Waals surface area contributed by atoms with Gasteiger partial charge in [0.15, 0.2) is 17.4 Å². The summed E-state index contributed by atoms with van der Waals surface area (Å²) in [4.78, 5) is 40.2. The predicted octanol–water partition coefficient (Wildman–Crippen LogP) is 2.65. The fourth-order valence-electron chi connectivity index (χ4n) is 3.04. The molecule has 0 spiro atoms. The van der Waals surface area contributed by atoms with Gasteiger partial charge in [-0.3, -0.25) is 14.7 Å². The molecule has 0 aliphatic carbocycles. The summed E-state index contributed by atoms with van der Waals surface area (Å²) in [5.41, 5.74) is -2.30. The number of anilines is 1. The van der Waals surface area contributed by atoms with Crippen molar-refractivity contribution in [2.45, 2.75) is 58.0 Å². The van der Waals surface area contributed by atoms with Crippen molar-refractivity contribution in [3.8, 4) is 0 Å². The van der Waals surface area contributed by atoms with E-state index in [9.17, 15) is 18.8 Å². The molecule has 13 heteroatoms. The summed E-state index contributed by atoms with van der Waals surface area (Å²) in [6.07, 6.45) is 0.701. The summed E-state index contributed by atoms with van der Waals surface area (Å²) in [5.74, 6) is -2.36. The van der Waals surface area contributed by atoms with Gasteiger partial charge in [-0.15, -0.1) is 11.8 Å². The van der Waals surface area contributed by atoms with Crippen LogP contribution in [0.1, 0.15) is 46.8 Å². The molecule has 0 radical (unpaired) electrons. The van der Waals surface area contributed by atoms with Crippen molar-refractivity contribution in [3.63, 3.8) is 0 Å². The maximum atomic E-state index is 14.4. The van der Waals surface area contributed by atoms with Gasteiger partial charge < -0.3 is 23.7 Å². The van der Waals surface area contributed by atoms with Crippen molar-refractivity contribution in [1.82, 2.24) is 9.55 Å². The first kappa shape index (κ1) is 26.4. The minimum absolute atomic E-state index is 0.0626. The first-order chi connectivity index (χ1) is 16.0. The molecule has 0 bridgehead atoms. The smallest absolute Gasteiger partial charge is 0.412 e. The summed E-state index contributed by atoms with van der Waals surface area (Å²) in [6.45, 7) is 7.59. The van der Waals surface area contributed by atoms with Gasteiger partial charge in [-0.2, -0.15) is 4.98 Å². The molecule has 2 aliphatic rings. The molecular weight excluding hydrogens is 473 g/mol. The second-order valence-electron chi connectivity index (χ2n) is 8.73. The van der Waals surface area contributed by atoms with Gasteiger partial charge in [0.25, 0.3) is 0 Å². The molecule has 0 saturated carbocycles. The lowest BCUT2D eigenvalue weighted by atomic mass is 9.92. The van der Waals surface area contributed by atoms with Gasteiger partial charge in [-0.05, 0) is 27.2 Å². The number of hydrogen-bond donors (Lipinski definition) is 1. The molecule has 0 unspecified atom stereocenters. The molecular formula is C21H30FN3O8S. The van der Waals surface area contributed by atoms with Crippen LogP contribution in [0, 0.1) is 11.2 Å². The Morgan fingerprint density at radius 1 is 1.29 bits per heavy atom. The summed E-state index contributed by atoms with van der Waals surface area (Å²) < 4.78 is 42.6. The second kappa shape index (κ2) is 11.0. The number of ether oxygens (including phenoxy) is 5. The number of nitrogens with one attached hydrogen (secondary N) is 1. The van der Waals surface area contributed by atoms with Crippen LogP contribution in [-0.4, -0.2) is 65.0 Å². The average molecular weight is 504 g/mol. The molecule has 2 fully saturated rings. The molecule has 3 rings (SSSR count). The van der Waals surface area contributed by atoms with E-state index in [1.54, 1.807) is 20.8 Å². The highest BCUT2D eigenvalue weighted by molar-refractivity contribution is 8.00. The summed E-state index contributed by atoms with van der Waals surface area (Å²) in [5, 5.41) is 2.12. The van der Waals surface area contributed by atoms with Crippen molar-refractivity contribution in [2.24, 2.45) is 5.41 Å². The van der Waals surface area contributed by atoms with Crippen molar-refractivity contribution in [3.05, 3.63) is 22.5 Å². The van der Waals surface area contributed by atoms with Crippen LogP contribution in [0.15, 0.2) is 11.0 Å². The van der Waals surface area contributed by atoms with Crippen LogP contribution in [0.25, 0.3) is 0 Å². The van der Waals surface area contributed by atoms with E-state index in [4.69, 9.17) is 23.7 Å². The van der Waals surface area contributed by atoms with Crippen molar-refractivity contribution < 1.29 is 37.7 Å². The third kappa shape index (κ3) is 6.68. The van der Waals surface area contributed by atoms with Gasteiger partial charge in [-0.1, -0.05) is 13.3 Å². The number of rotatable bonds is 8. The number of halogens is 1. The topological polar surface area (TPSA) is 127 Å². The number of aromatic nitrogens is 2. The molecule has 0 aromatic carbocycles. The maximum absolute atomic E-state index is 14.4. The van der Waals surface area contributed by atoms with E-state index >= 15 is 0 Å². The summed E-state index contributed by atoms with van der Waals surface area (Å²) >= 11 is 1.31. The minimum Gasteiger partial charge on any atom is -0.461 e. The Labute approximate surface area is 200 Å². The predicted molar refractivity (Wildman–Crippen MR) is 120 cm³/mol. The van der Waals surface area contributed by atoms with Gasteiger partial charge in [0.1, 0.15) is 23.7 Å². The normalized spacial score (nSPS) is 23.3. The highest BCUT2D eigenvalue weighted by Gasteiger charge is 2.44. The zero-order valence-corrected chi connectivity index (χ0v) is 20.4. The lowest BCUT2D eigenvalue weighted by molar-refractivity contribution is -0.281. The van der Waals surface area contributed by atoms with Crippen molar-refractivity contribution in [1.29, 1.82) is 0 Å². The van der Waals surface area contributed by atoms with Crippen LogP contribution in [0.4, 0.5) is 15.0 Å². The molecule has 2 atom stereocenters. The van der Waals surface area contributed by atoms with Crippen LogP contribution >= 0.6 is 11.8 Å². The fraction of sp³-hybridized carbons (Fsp3) is 0.714. The Morgan fingerprint density at radius 3 is 2.68 bits per heavy atom. The van der Waals surface area contributed by atoms with Crippen LogP contribution in [0.3, 0.4) is 0 Å². The minimum atomic E-state index is -0.942. The molecule has 2 saturated heterocycles. The van der Waals surface area contributed by atoms with Gasteiger partial charge >= 0.3 is 17.8 Å². The average Bonchev–Trinajstić information content (AvgIpc) is 3.25. The quantitative estimate of drug-likeness (QED) is 0.418. The van der Waals surface area contributed by atoms with Crippen molar-refractivity contribution >= 4 is 29.6 Å². The molecule has 3 heterocycles. The van der Waals surface area contributed by atoms with E-state index in [-0.39, 0.29) is 26.4 Å². The highest BCUT2D eigenvalue weighted by Crippen LogP contribution is 2.33.